The number of benzene rings is 2. The van der Waals surface area contributed by atoms with E-state index in [9.17, 15) is 14.4 Å². The number of esters is 1. The molecule has 1 heterocycles. The topological polar surface area (TPSA) is 102 Å². The molecule has 2 aromatic carbocycles. The number of aromatic nitrogens is 2. The highest BCUT2D eigenvalue weighted by molar-refractivity contribution is 5.97. The molecule has 0 saturated heterocycles. The average molecular weight is 392 g/mol. The number of nitrogens with one attached hydrogen (secondary N) is 2. The van der Waals surface area contributed by atoms with Crippen molar-refractivity contribution in [2.24, 2.45) is 0 Å². The van der Waals surface area contributed by atoms with Crippen molar-refractivity contribution >= 4 is 17.9 Å². The minimum Gasteiger partial charge on any atom is -0.451 e. The maximum Gasteiger partial charge on any atom is 0.357 e. The minimum atomic E-state index is -0.727. The maximum atomic E-state index is 12.6. The predicted octanol–water partition coefficient (Wildman–Crippen LogP) is 2.54. The maximum absolute atomic E-state index is 12.6. The molecule has 0 saturated carbocycles. The molecule has 2 N–H and O–H groups in total. The van der Waals surface area contributed by atoms with E-state index in [0.717, 1.165) is 5.56 Å². The summed E-state index contributed by atoms with van der Waals surface area (Å²) >= 11 is 0. The zero-order valence-corrected chi connectivity index (χ0v) is 15.8. The fraction of sp³-hybridized carbons (Fsp3) is 0.143. The molecule has 3 rings (SSSR count). The summed E-state index contributed by atoms with van der Waals surface area (Å²) in [5.41, 5.74) is 2.27. The molecule has 29 heavy (non-hydrogen) atoms. The number of ether oxygens (including phenoxy) is 1. The summed E-state index contributed by atoms with van der Waals surface area (Å²) in [6, 6.07) is 19.5. The zero-order chi connectivity index (χ0) is 20.6. The van der Waals surface area contributed by atoms with Gasteiger partial charge in [-0.05, 0) is 25.1 Å². The van der Waals surface area contributed by atoms with Crippen LogP contribution in [0.25, 0.3) is 16.9 Å². The molecule has 8 heteroatoms. The van der Waals surface area contributed by atoms with Gasteiger partial charge in [0.1, 0.15) is 0 Å². The third-order valence-corrected chi connectivity index (χ3v) is 3.91. The Labute approximate surface area is 167 Å². The highest BCUT2D eigenvalue weighted by Crippen LogP contribution is 2.22. The number of carbonyl (C=O) groups is 3. The lowest BCUT2D eigenvalue weighted by atomic mass is 10.1. The Hall–Kier alpha value is -3.94. The molecule has 0 bridgehead atoms. The van der Waals surface area contributed by atoms with Crippen molar-refractivity contribution in [2.75, 3.05) is 13.2 Å². The van der Waals surface area contributed by atoms with Crippen LogP contribution in [-0.2, 0) is 9.53 Å². The summed E-state index contributed by atoms with van der Waals surface area (Å²) in [5, 5.41) is 9.02. The molecular weight excluding hydrogens is 372 g/mol. The van der Waals surface area contributed by atoms with Crippen LogP contribution in [-0.4, -0.2) is 40.8 Å². The van der Waals surface area contributed by atoms with Crippen LogP contribution in [0.3, 0.4) is 0 Å². The Balaban J connectivity index is 1.81. The van der Waals surface area contributed by atoms with E-state index >= 15 is 0 Å². The van der Waals surface area contributed by atoms with Crippen LogP contribution in [0.1, 0.15) is 17.4 Å². The normalized spacial score (nSPS) is 10.2. The lowest BCUT2D eigenvalue weighted by Gasteiger charge is -2.08. The van der Waals surface area contributed by atoms with E-state index in [0.29, 0.717) is 17.9 Å². The highest BCUT2D eigenvalue weighted by atomic mass is 16.5. The molecule has 0 aliphatic carbocycles. The first-order valence-corrected chi connectivity index (χ1v) is 9.04. The number of hydrogen-bond acceptors (Lipinski definition) is 5. The molecule has 148 valence electrons. The summed E-state index contributed by atoms with van der Waals surface area (Å²) in [6.07, 6.45) is 0. The molecule has 0 aliphatic heterocycles. The number of amides is 3. The third-order valence-electron chi connectivity index (χ3n) is 3.91. The van der Waals surface area contributed by atoms with Gasteiger partial charge in [0.15, 0.2) is 12.3 Å². The van der Waals surface area contributed by atoms with Crippen LogP contribution in [0.15, 0.2) is 66.7 Å². The first kappa shape index (κ1) is 19.8. The lowest BCUT2D eigenvalue weighted by Crippen LogP contribution is -2.41. The Morgan fingerprint density at radius 2 is 1.66 bits per heavy atom. The van der Waals surface area contributed by atoms with Crippen molar-refractivity contribution in [3.8, 4) is 16.9 Å². The summed E-state index contributed by atoms with van der Waals surface area (Å²) in [7, 11) is 0. The van der Waals surface area contributed by atoms with Gasteiger partial charge in [-0.2, -0.15) is 5.10 Å². The van der Waals surface area contributed by atoms with Gasteiger partial charge >= 0.3 is 12.0 Å². The predicted molar refractivity (Wildman–Crippen MR) is 106 cm³/mol. The molecular formula is C21H20N4O4. The second-order valence-electron chi connectivity index (χ2n) is 6.01. The SMILES string of the molecule is CCNC(=O)NC(=O)COC(=O)c1cc(-c2ccccc2)nn1-c1ccccc1. The molecule has 0 radical (unpaired) electrons. The first-order chi connectivity index (χ1) is 14.1. The largest absolute Gasteiger partial charge is 0.451 e. The molecule has 0 fully saturated rings. The Kier molecular flexibility index (Phi) is 6.36. The van der Waals surface area contributed by atoms with Gasteiger partial charge in [0.25, 0.3) is 5.91 Å². The standard InChI is InChI=1S/C21H20N4O4/c1-2-22-21(28)23-19(26)14-29-20(27)18-13-17(15-9-5-3-6-10-15)24-25(18)16-11-7-4-8-12-16/h3-13H,2,14H2,1H3,(H2,22,23,26,28). The lowest BCUT2D eigenvalue weighted by molar-refractivity contribution is -0.123. The number of nitrogens with zero attached hydrogens (tertiary/aromatic N) is 2. The van der Waals surface area contributed by atoms with Gasteiger partial charge in [-0.3, -0.25) is 10.1 Å². The molecule has 0 spiro atoms. The number of carbonyl (C=O) groups excluding carboxylic acids is 3. The summed E-state index contributed by atoms with van der Waals surface area (Å²) in [6.45, 7) is 1.51. The van der Waals surface area contributed by atoms with E-state index in [1.807, 2.05) is 48.5 Å². The van der Waals surface area contributed by atoms with Gasteiger partial charge in [0.2, 0.25) is 0 Å². The van der Waals surface area contributed by atoms with E-state index in [2.05, 4.69) is 15.7 Å². The Morgan fingerprint density at radius 3 is 2.31 bits per heavy atom. The highest BCUT2D eigenvalue weighted by Gasteiger charge is 2.20. The van der Waals surface area contributed by atoms with E-state index in [1.54, 1.807) is 25.1 Å². The molecule has 0 atom stereocenters. The van der Waals surface area contributed by atoms with E-state index < -0.39 is 24.5 Å². The molecule has 0 aliphatic rings. The average Bonchev–Trinajstić information content (AvgIpc) is 3.19. The van der Waals surface area contributed by atoms with Gasteiger partial charge in [-0.1, -0.05) is 48.5 Å². The number of rotatable bonds is 6. The van der Waals surface area contributed by atoms with Gasteiger partial charge in [-0.15, -0.1) is 0 Å². The number of imide groups is 1. The van der Waals surface area contributed by atoms with Crippen LogP contribution >= 0.6 is 0 Å². The molecule has 1 aromatic heterocycles. The van der Waals surface area contributed by atoms with Crippen molar-refractivity contribution in [3.63, 3.8) is 0 Å². The van der Waals surface area contributed by atoms with Crippen LogP contribution in [0.2, 0.25) is 0 Å². The Morgan fingerprint density at radius 1 is 1.00 bits per heavy atom. The van der Waals surface area contributed by atoms with Gasteiger partial charge in [0.05, 0.1) is 11.4 Å². The Bertz CT molecular complexity index is 1000. The van der Waals surface area contributed by atoms with Crippen LogP contribution < -0.4 is 10.6 Å². The summed E-state index contributed by atoms with van der Waals surface area (Å²) in [5.74, 6) is -1.45. The molecule has 3 amide bonds. The fourth-order valence-electron chi connectivity index (χ4n) is 2.62. The van der Waals surface area contributed by atoms with E-state index in [1.165, 1.54) is 4.68 Å². The number of para-hydroxylation sites is 1. The first-order valence-electron chi connectivity index (χ1n) is 9.04. The second-order valence-corrected chi connectivity index (χ2v) is 6.01. The van der Waals surface area contributed by atoms with Crippen LogP contribution in [0.4, 0.5) is 4.79 Å². The zero-order valence-electron chi connectivity index (χ0n) is 15.8. The fourth-order valence-corrected chi connectivity index (χ4v) is 2.62. The van der Waals surface area contributed by atoms with Crippen molar-refractivity contribution < 1.29 is 19.1 Å². The minimum absolute atomic E-state index is 0.167. The van der Waals surface area contributed by atoms with Gasteiger partial charge in [-0.25, -0.2) is 14.3 Å². The summed E-state index contributed by atoms with van der Waals surface area (Å²) < 4.78 is 6.55. The third kappa shape index (κ3) is 5.07. The van der Waals surface area contributed by atoms with Crippen molar-refractivity contribution in [1.29, 1.82) is 0 Å². The second kappa shape index (κ2) is 9.32. The van der Waals surface area contributed by atoms with Crippen molar-refractivity contribution in [1.82, 2.24) is 20.4 Å². The van der Waals surface area contributed by atoms with E-state index in [-0.39, 0.29) is 5.69 Å². The van der Waals surface area contributed by atoms with Gasteiger partial charge < -0.3 is 10.1 Å². The van der Waals surface area contributed by atoms with Crippen molar-refractivity contribution in [2.45, 2.75) is 6.92 Å². The van der Waals surface area contributed by atoms with Gasteiger partial charge in [0, 0.05) is 12.1 Å². The van der Waals surface area contributed by atoms with Crippen LogP contribution in [0.5, 0.6) is 0 Å². The van der Waals surface area contributed by atoms with Crippen LogP contribution in [0, 0.1) is 0 Å². The molecule has 8 nitrogen and oxygen atoms in total. The quantitative estimate of drug-likeness (QED) is 0.628. The summed E-state index contributed by atoms with van der Waals surface area (Å²) in [4.78, 5) is 35.8. The van der Waals surface area contributed by atoms with E-state index in [4.69, 9.17) is 4.74 Å². The number of hydrogen-bond donors (Lipinski definition) is 2. The molecule has 0 unspecified atom stereocenters. The monoisotopic (exact) mass is 392 g/mol. The van der Waals surface area contributed by atoms with Crippen molar-refractivity contribution in [3.05, 3.63) is 72.4 Å². The number of urea groups is 1. The molecule has 3 aromatic rings. The smallest absolute Gasteiger partial charge is 0.357 e.